The standard InChI is InChI=1S/C13H12F3NO4/c14-13(15,16)6-21-8-3-1-2-7(4-8)17-11(18)9-5-10(9)12(19)20/h1-4,9-10H,5-6H2,(H,17,18)(H,19,20). The topological polar surface area (TPSA) is 75.6 Å². The van der Waals surface area contributed by atoms with Crippen LogP contribution in [-0.4, -0.2) is 29.8 Å². The zero-order valence-electron chi connectivity index (χ0n) is 10.7. The van der Waals surface area contributed by atoms with Crippen LogP contribution in [0.4, 0.5) is 18.9 Å². The third-order valence-electron chi connectivity index (χ3n) is 2.95. The lowest BCUT2D eigenvalue weighted by molar-refractivity contribution is -0.153. The monoisotopic (exact) mass is 303 g/mol. The van der Waals surface area contributed by atoms with Crippen molar-refractivity contribution >= 4 is 17.6 Å². The maximum atomic E-state index is 12.0. The largest absolute Gasteiger partial charge is 0.484 e. The number of aliphatic carboxylic acids is 1. The summed E-state index contributed by atoms with van der Waals surface area (Å²) in [6.45, 7) is -1.42. The molecule has 0 aliphatic heterocycles. The summed E-state index contributed by atoms with van der Waals surface area (Å²) in [5, 5.41) is 11.2. The molecule has 0 heterocycles. The molecule has 1 aromatic rings. The highest BCUT2D eigenvalue weighted by Gasteiger charge is 2.48. The summed E-state index contributed by atoms with van der Waals surface area (Å²) in [6.07, 6.45) is -4.17. The summed E-state index contributed by atoms with van der Waals surface area (Å²) in [4.78, 5) is 22.4. The first-order valence-corrected chi connectivity index (χ1v) is 6.09. The Morgan fingerprint density at radius 1 is 1.33 bits per heavy atom. The molecule has 1 saturated carbocycles. The summed E-state index contributed by atoms with van der Waals surface area (Å²) in [7, 11) is 0. The number of halogens is 3. The molecule has 5 nitrogen and oxygen atoms in total. The lowest BCUT2D eigenvalue weighted by atomic mass is 10.2. The Morgan fingerprint density at radius 2 is 2.05 bits per heavy atom. The second-order valence-corrected chi connectivity index (χ2v) is 4.71. The minimum atomic E-state index is -4.44. The highest BCUT2D eigenvalue weighted by Crippen LogP contribution is 2.39. The van der Waals surface area contributed by atoms with Crippen LogP contribution >= 0.6 is 0 Å². The lowest BCUT2D eigenvalue weighted by Gasteiger charge is -2.10. The van der Waals surface area contributed by atoms with Crippen LogP contribution in [0.3, 0.4) is 0 Å². The summed E-state index contributed by atoms with van der Waals surface area (Å²) in [5.74, 6) is -2.81. The van der Waals surface area contributed by atoms with E-state index in [0.29, 0.717) is 0 Å². The summed E-state index contributed by atoms with van der Waals surface area (Å²) >= 11 is 0. The minimum absolute atomic E-state index is 0.0318. The number of hydrogen-bond acceptors (Lipinski definition) is 3. The number of benzene rings is 1. The SMILES string of the molecule is O=C(O)C1CC1C(=O)Nc1cccc(OCC(F)(F)F)c1. The fourth-order valence-corrected chi connectivity index (χ4v) is 1.82. The molecule has 1 amide bonds. The Bertz CT molecular complexity index is 559. The molecule has 1 aliphatic carbocycles. The molecule has 0 saturated heterocycles. The van der Waals surface area contributed by atoms with Gasteiger partial charge in [-0.1, -0.05) is 6.07 Å². The van der Waals surface area contributed by atoms with Crippen molar-refractivity contribution in [2.24, 2.45) is 11.8 Å². The van der Waals surface area contributed by atoms with Gasteiger partial charge in [0.1, 0.15) is 5.75 Å². The van der Waals surface area contributed by atoms with E-state index in [0.717, 1.165) is 0 Å². The predicted octanol–water partition coefficient (Wildman–Crippen LogP) is 2.29. The van der Waals surface area contributed by atoms with Gasteiger partial charge < -0.3 is 15.2 Å². The molecule has 0 radical (unpaired) electrons. The molecular formula is C13H12F3NO4. The number of nitrogens with one attached hydrogen (secondary N) is 1. The van der Waals surface area contributed by atoms with Crippen molar-refractivity contribution in [2.75, 3.05) is 11.9 Å². The summed E-state index contributed by atoms with van der Waals surface area (Å²) < 4.78 is 40.7. The van der Waals surface area contributed by atoms with E-state index >= 15 is 0 Å². The first-order valence-electron chi connectivity index (χ1n) is 6.09. The van der Waals surface area contributed by atoms with Gasteiger partial charge in [-0.3, -0.25) is 9.59 Å². The minimum Gasteiger partial charge on any atom is -0.484 e. The molecule has 114 valence electrons. The van der Waals surface area contributed by atoms with E-state index in [1.54, 1.807) is 0 Å². The van der Waals surface area contributed by atoms with E-state index in [1.165, 1.54) is 24.3 Å². The van der Waals surface area contributed by atoms with Crippen LogP contribution in [0.25, 0.3) is 0 Å². The molecule has 0 spiro atoms. The number of carbonyl (C=O) groups is 2. The molecular weight excluding hydrogens is 291 g/mol. The molecule has 21 heavy (non-hydrogen) atoms. The Labute approximate surface area is 117 Å². The van der Waals surface area contributed by atoms with Crippen LogP contribution < -0.4 is 10.1 Å². The molecule has 2 atom stereocenters. The van der Waals surface area contributed by atoms with Crippen LogP contribution in [0.15, 0.2) is 24.3 Å². The van der Waals surface area contributed by atoms with E-state index in [-0.39, 0.29) is 17.9 Å². The molecule has 0 bridgehead atoms. The van der Waals surface area contributed by atoms with Crippen LogP contribution in [0.2, 0.25) is 0 Å². The van der Waals surface area contributed by atoms with E-state index in [4.69, 9.17) is 5.11 Å². The Balaban J connectivity index is 1.92. The van der Waals surface area contributed by atoms with Crippen molar-refractivity contribution in [2.45, 2.75) is 12.6 Å². The molecule has 1 aliphatic rings. The first-order chi connectivity index (χ1) is 9.76. The average molecular weight is 303 g/mol. The van der Waals surface area contributed by atoms with E-state index < -0.39 is 36.5 Å². The van der Waals surface area contributed by atoms with Gasteiger partial charge in [0, 0.05) is 11.8 Å². The van der Waals surface area contributed by atoms with Crippen LogP contribution in [-0.2, 0) is 9.59 Å². The number of carboxylic acids is 1. The highest BCUT2D eigenvalue weighted by atomic mass is 19.4. The zero-order chi connectivity index (χ0) is 15.6. The van der Waals surface area contributed by atoms with Crippen molar-refractivity contribution < 1.29 is 32.6 Å². The number of ether oxygens (including phenoxy) is 1. The second kappa shape index (κ2) is 5.63. The van der Waals surface area contributed by atoms with Gasteiger partial charge in [-0.15, -0.1) is 0 Å². The third kappa shape index (κ3) is 4.37. The molecule has 1 aromatic carbocycles. The second-order valence-electron chi connectivity index (χ2n) is 4.71. The number of hydrogen-bond donors (Lipinski definition) is 2. The van der Waals surface area contributed by atoms with Gasteiger partial charge in [-0.2, -0.15) is 13.2 Å². The third-order valence-corrected chi connectivity index (χ3v) is 2.95. The van der Waals surface area contributed by atoms with E-state index in [9.17, 15) is 22.8 Å². The fourth-order valence-electron chi connectivity index (χ4n) is 1.82. The van der Waals surface area contributed by atoms with Crippen LogP contribution in [0.5, 0.6) is 5.75 Å². The lowest BCUT2D eigenvalue weighted by Crippen LogP contribution is -2.19. The maximum absolute atomic E-state index is 12.0. The van der Waals surface area contributed by atoms with E-state index in [1.807, 2.05) is 0 Å². The maximum Gasteiger partial charge on any atom is 0.422 e. The van der Waals surface area contributed by atoms with Crippen LogP contribution in [0.1, 0.15) is 6.42 Å². The van der Waals surface area contributed by atoms with Gasteiger partial charge >= 0.3 is 12.1 Å². The smallest absolute Gasteiger partial charge is 0.422 e. The number of rotatable bonds is 5. The van der Waals surface area contributed by atoms with Gasteiger partial charge in [0.25, 0.3) is 0 Å². The Morgan fingerprint density at radius 3 is 2.62 bits per heavy atom. The Hall–Kier alpha value is -2.25. The van der Waals surface area contributed by atoms with Crippen molar-refractivity contribution in [1.29, 1.82) is 0 Å². The number of alkyl halides is 3. The quantitative estimate of drug-likeness (QED) is 0.875. The van der Waals surface area contributed by atoms with Gasteiger partial charge in [0.15, 0.2) is 6.61 Å². The molecule has 1 fully saturated rings. The first kappa shape index (κ1) is 15.1. The number of carbonyl (C=O) groups excluding carboxylic acids is 1. The number of carboxylic acid groups (broad SMARTS) is 1. The molecule has 8 heteroatoms. The average Bonchev–Trinajstić information content (AvgIpc) is 3.16. The van der Waals surface area contributed by atoms with Gasteiger partial charge in [0.05, 0.1) is 11.8 Å². The summed E-state index contributed by atoms with van der Waals surface area (Å²) in [5.41, 5.74) is 0.260. The molecule has 2 N–H and O–H groups in total. The van der Waals surface area contributed by atoms with Gasteiger partial charge in [-0.25, -0.2) is 0 Å². The predicted molar refractivity (Wildman–Crippen MR) is 65.9 cm³/mol. The number of amides is 1. The zero-order valence-corrected chi connectivity index (χ0v) is 10.7. The normalized spacial score (nSPS) is 20.7. The number of anilines is 1. The molecule has 2 unspecified atom stereocenters. The van der Waals surface area contributed by atoms with Crippen molar-refractivity contribution in [3.63, 3.8) is 0 Å². The molecule has 0 aromatic heterocycles. The van der Waals surface area contributed by atoms with Crippen molar-refractivity contribution in [3.05, 3.63) is 24.3 Å². The van der Waals surface area contributed by atoms with Gasteiger partial charge in [0.2, 0.25) is 5.91 Å². The van der Waals surface area contributed by atoms with Crippen molar-refractivity contribution in [1.82, 2.24) is 0 Å². The summed E-state index contributed by atoms with van der Waals surface area (Å²) in [6, 6.07) is 5.50. The highest BCUT2D eigenvalue weighted by molar-refractivity contribution is 5.98. The molecule has 2 rings (SSSR count). The van der Waals surface area contributed by atoms with Crippen molar-refractivity contribution in [3.8, 4) is 5.75 Å². The van der Waals surface area contributed by atoms with Gasteiger partial charge in [-0.05, 0) is 18.6 Å². The van der Waals surface area contributed by atoms with E-state index in [2.05, 4.69) is 10.1 Å². The fraction of sp³-hybridized carbons (Fsp3) is 0.385. The van der Waals surface area contributed by atoms with Crippen LogP contribution in [0, 0.1) is 11.8 Å². The Kier molecular flexibility index (Phi) is 4.06.